The largest absolute Gasteiger partial charge is 0.387 e. The number of rotatable bonds is 9. The van der Waals surface area contributed by atoms with Gasteiger partial charge in [-0.2, -0.15) is 0 Å². The van der Waals surface area contributed by atoms with Crippen molar-refractivity contribution in [1.29, 1.82) is 0 Å². The highest BCUT2D eigenvalue weighted by atomic mass is 16.5. The molecule has 1 fully saturated rings. The molecule has 0 saturated carbocycles. The zero-order chi connectivity index (χ0) is 21.2. The molecule has 1 unspecified atom stereocenters. The van der Waals surface area contributed by atoms with Crippen molar-refractivity contribution in [3.05, 3.63) is 11.6 Å². The first-order valence-electron chi connectivity index (χ1n) is 11.5. The monoisotopic (exact) mass is 421 g/mol. The van der Waals surface area contributed by atoms with Crippen LogP contribution in [0, 0.1) is 0 Å². The van der Waals surface area contributed by atoms with E-state index < -0.39 is 5.60 Å². The SMILES string of the molecule is CCNC(=NCC(C)(O)CN1CCOCC1)NCCCc1nnc2n1CCCCC2. The van der Waals surface area contributed by atoms with Gasteiger partial charge in [0, 0.05) is 52.1 Å². The van der Waals surface area contributed by atoms with Crippen molar-refractivity contribution >= 4 is 5.96 Å². The molecule has 0 radical (unpaired) electrons. The van der Waals surface area contributed by atoms with Crippen LogP contribution in [0.2, 0.25) is 0 Å². The molecule has 0 amide bonds. The Labute approximate surface area is 180 Å². The van der Waals surface area contributed by atoms with Crippen LogP contribution in [-0.2, 0) is 24.1 Å². The number of hydrogen-bond acceptors (Lipinski definition) is 6. The molecule has 0 bridgehead atoms. The second-order valence-corrected chi connectivity index (χ2v) is 8.61. The van der Waals surface area contributed by atoms with E-state index in [9.17, 15) is 5.11 Å². The Morgan fingerprint density at radius 1 is 1.17 bits per heavy atom. The van der Waals surface area contributed by atoms with Crippen LogP contribution in [0.3, 0.4) is 0 Å². The molecule has 30 heavy (non-hydrogen) atoms. The van der Waals surface area contributed by atoms with E-state index in [1.807, 2.05) is 6.92 Å². The first-order valence-corrected chi connectivity index (χ1v) is 11.5. The first-order chi connectivity index (χ1) is 14.6. The van der Waals surface area contributed by atoms with E-state index >= 15 is 0 Å². The molecule has 9 nitrogen and oxygen atoms in total. The highest BCUT2D eigenvalue weighted by Crippen LogP contribution is 2.15. The number of guanidine groups is 1. The summed E-state index contributed by atoms with van der Waals surface area (Å²) >= 11 is 0. The van der Waals surface area contributed by atoms with Crippen molar-refractivity contribution < 1.29 is 9.84 Å². The van der Waals surface area contributed by atoms with Crippen molar-refractivity contribution in [3.8, 4) is 0 Å². The topological polar surface area (TPSA) is 99.8 Å². The van der Waals surface area contributed by atoms with Gasteiger partial charge in [-0.25, -0.2) is 0 Å². The molecule has 1 aromatic rings. The van der Waals surface area contributed by atoms with Crippen molar-refractivity contribution in [3.63, 3.8) is 0 Å². The molecule has 3 rings (SSSR count). The van der Waals surface area contributed by atoms with Gasteiger partial charge in [0.05, 0.1) is 25.4 Å². The zero-order valence-corrected chi connectivity index (χ0v) is 18.7. The Balaban J connectivity index is 1.44. The third kappa shape index (κ3) is 7.21. The maximum absolute atomic E-state index is 10.8. The van der Waals surface area contributed by atoms with Gasteiger partial charge in [-0.3, -0.25) is 9.89 Å². The lowest BCUT2D eigenvalue weighted by atomic mass is 10.1. The first kappa shape index (κ1) is 23.0. The fourth-order valence-corrected chi connectivity index (χ4v) is 4.07. The van der Waals surface area contributed by atoms with Gasteiger partial charge >= 0.3 is 0 Å². The van der Waals surface area contributed by atoms with Crippen LogP contribution in [0.5, 0.6) is 0 Å². The highest BCUT2D eigenvalue weighted by Gasteiger charge is 2.25. The Hall–Kier alpha value is -1.71. The number of hydrogen-bond donors (Lipinski definition) is 3. The molecule has 170 valence electrons. The van der Waals surface area contributed by atoms with E-state index in [1.165, 1.54) is 19.3 Å². The third-order valence-electron chi connectivity index (χ3n) is 5.65. The molecule has 2 aliphatic heterocycles. The number of fused-ring (bicyclic) bond motifs is 1. The van der Waals surface area contributed by atoms with Crippen LogP contribution in [0.4, 0.5) is 0 Å². The van der Waals surface area contributed by atoms with E-state index in [-0.39, 0.29) is 0 Å². The number of β-amino-alcohol motifs (C(OH)–C–C–N with tert-alkyl or cyclic N) is 1. The van der Waals surface area contributed by atoms with Gasteiger partial charge in [-0.1, -0.05) is 6.42 Å². The van der Waals surface area contributed by atoms with Gasteiger partial charge in [0.25, 0.3) is 0 Å². The maximum Gasteiger partial charge on any atom is 0.191 e. The average molecular weight is 422 g/mol. The molecule has 9 heteroatoms. The second-order valence-electron chi connectivity index (χ2n) is 8.61. The minimum atomic E-state index is -0.862. The Morgan fingerprint density at radius 2 is 2.00 bits per heavy atom. The molecule has 0 spiro atoms. The van der Waals surface area contributed by atoms with Gasteiger partial charge in [-0.15, -0.1) is 10.2 Å². The predicted octanol–water partition coefficient (Wildman–Crippen LogP) is 0.575. The molecule has 1 aromatic heterocycles. The number of nitrogens with one attached hydrogen (secondary N) is 2. The lowest BCUT2D eigenvalue weighted by molar-refractivity contribution is -0.0179. The molecule has 3 N–H and O–H groups in total. The van der Waals surface area contributed by atoms with Crippen LogP contribution in [-0.4, -0.2) is 88.8 Å². The van der Waals surface area contributed by atoms with Gasteiger partial charge in [-0.05, 0) is 33.1 Å². The smallest absolute Gasteiger partial charge is 0.191 e. The summed E-state index contributed by atoms with van der Waals surface area (Å²) in [4.78, 5) is 6.86. The van der Waals surface area contributed by atoms with Crippen LogP contribution >= 0.6 is 0 Å². The molecule has 2 aliphatic rings. The number of ether oxygens (including phenoxy) is 1. The number of aryl methyl sites for hydroxylation is 2. The van der Waals surface area contributed by atoms with Crippen LogP contribution in [0.15, 0.2) is 4.99 Å². The summed E-state index contributed by atoms with van der Waals surface area (Å²) in [5.74, 6) is 3.00. The van der Waals surface area contributed by atoms with E-state index in [1.54, 1.807) is 0 Å². The maximum atomic E-state index is 10.8. The molecular weight excluding hydrogens is 382 g/mol. The number of aliphatic hydroxyl groups is 1. The fourth-order valence-electron chi connectivity index (χ4n) is 4.07. The van der Waals surface area contributed by atoms with Gasteiger partial charge < -0.3 is 25.0 Å². The normalized spacial score (nSPS) is 20.3. The molecular formula is C21H39N7O2. The Bertz CT molecular complexity index is 668. The van der Waals surface area contributed by atoms with Crippen LogP contribution < -0.4 is 10.6 Å². The lowest BCUT2D eigenvalue weighted by Crippen LogP contribution is -2.48. The second kappa shape index (κ2) is 11.6. The van der Waals surface area contributed by atoms with Gasteiger partial charge in [0.2, 0.25) is 0 Å². The number of aromatic nitrogens is 3. The molecule has 1 saturated heterocycles. The van der Waals surface area contributed by atoms with E-state index in [0.29, 0.717) is 13.1 Å². The Kier molecular flexibility index (Phi) is 8.89. The highest BCUT2D eigenvalue weighted by molar-refractivity contribution is 5.79. The molecule has 0 aromatic carbocycles. The van der Waals surface area contributed by atoms with Crippen molar-refractivity contribution in [1.82, 2.24) is 30.3 Å². The molecule has 1 atom stereocenters. The lowest BCUT2D eigenvalue weighted by Gasteiger charge is -2.33. The third-order valence-corrected chi connectivity index (χ3v) is 5.65. The van der Waals surface area contributed by atoms with Gasteiger partial charge in [0.1, 0.15) is 11.6 Å². The summed E-state index contributed by atoms with van der Waals surface area (Å²) in [6, 6.07) is 0. The summed E-state index contributed by atoms with van der Waals surface area (Å²) < 4.78 is 7.70. The Morgan fingerprint density at radius 3 is 2.80 bits per heavy atom. The summed E-state index contributed by atoms with van der Waals surface area (Å²) in [7, 11) is 0. The number of nitrogens with zero attached hydrogens (tertiary/aromatic N) is 5. The van der Waals surface area contributed by atoms with Crippen LogP contribution in [0.1, 0.15) is 51.2 Å². The van der Waals surface area contributed by atoms with Crippen molar-refractivity contribution in [2.45, 2.75) is 64.5 Å². The summed E-state index contributed by atoms with van der Waals surface area (Å²) in [6.07, 6.45) is 6.64. The summed E-state index contributed by atoms with van der Waals surface area (Å²) in [5, 5.41) is 26.2. The van der Waals surface area contributed by atoms with E-state index in [4.69, 9.17) is 4.74 Å². The standard InChI is InChI=1S/C21H39N7O2/c1-3-22-20(24-16-21(2,29)17-27-12-14-30-15-13-27)23-10-7-9-19-26-25-18-8-5-4-6-11-28(18)19/h29H,3-17H2,1-2H3,(H2,22,23,24). The van der Waals surface area contributed by atoms with E-state index in [2.05, 4.69) is 42.2 Å². The van der Waals surface area contributed by atoms with Gasteiger partial charge in [0.15, 0.2) is 5.96 Å². The molecule has 3 heterocycles. The average Bonchev–Trinajstić information content (AvgIpc) is 2.95. The predicted molar refractivity (Wildman–Crippen MR) is 118 cm³/mol. The minimum absolute atomic E-state index is 0.359. The van der Waals surface area contributed by atoms with Crippen molar-refractivity contribution in [2.24, 2.45) is 4.99 Å². The summed E-state index contributed by atoms with van der Waals surface area (Å²) in [5.41, 5.74) is -0.862. The van der Waals surface area contributed by atoms with E-state index in [0.717, 1.165) is 82.8 Å². The number of aliphatic imine (C=N–C) groups is 1. The zero-order valence-electron chi connectivity index (χ0n) is 18.7. The van der Waals surface area contributed by atoms with Crippen molar-refractivity contribution in [2.75, 3.05) is 52.5 Å². The quantitative estimate of drug-likeness (QED) is 0.305. The fraction of sp³-hybridized carbons (Fsp3) is 0.857. The summed E-state index contributed by atoms with van der Waals surface area (Å²) in [6.45, 7) is 10.7. The molecule has 0 aliphatic carbocycles. The number of morpholine rings is 1. The van der Waals surface area contributed by atoms with Crippen LogP contribution in [0.25, 0.3) is 0 Å². The minimum Gasteiger partial charge on any atom is -0.387 e.